The predicted octanol–water partition coefficient (Wildman–Crippen LogP) is 6.12. The van der Waals surface area contributed by atoms with Crippen molar-refractivity contribution >= 4 is 100 Å². The molecule has 2 unspecified atom stereocenters. The number of cyclic esters (lactones) is 1. The summed E-state index contributed by atoms with van der Waals surface area (Å²) < 4.78 is 14.3. The Morgan fingerprint density at radius 3 is 2.46 bits per heavy atom. The summed E-state index contributed by atoms with van der Waals surface area (Å²) in [5.74, 6) is -1.48. The molecular formula is C47H71N9O6S5. The van der Waals surface area contributed by atoms with E-state index in [9.17, 15) is 19.2 Å². The first-order chi connectivity index (χ1) is 30.1. The lowest BCUT2D eigenvalue weighted by atomic mass is 9.84. The van der Waals surface area contributed by atoms with Gasteiger partial charge in [0.1, 0.15) is 18.1 Å². The summed E-state index contributed by atoms with van der Waals surface area (Å²) in [6.07, 6.45) is 4.40. The van der Waals surface area contributed by atoms with Gasteiger partial charge in [-0.1, -0.05) is 33.8 Å². The largest absolute Gasteiger partial charge is 0.464 e. The number of likely N-dealkylation sites (N-methyl/N-ethyl adjacent to an activating group) is 2. The Kier molecular flexibility index (Phi) is 19.2. The molecule has 0 spiro atoms. The zero-order valence-corrected chi connectivity index (χ0v) is 45.0. The molecule has 15 nitrogen and oxygen atoms in total. The van der Waals surface area contributed by atoms with Crippen LogP contribution < -0.4 is 10.7 Å². The molecule has 67 heavy (non-hydrogen) atoms. The lowest BCUT2D eigenvalue weighted by molar-refractivity contribution is -0.155. The van der Waals surface area contributed by atoms with Crippen molar-refractivity contribution in [2.75, 3.05) is 47.4 Å². The van der Waals surface area contributed by atoms with Gasteiger partial charge in [0.25, 0.3) is 5.91 Å². The molecule has 4 aromatic rings. The second-order valence-electron chi connectivity index (χ2n) is 19.0. The van der Waals surface area contributed by atoms with E-state index in [1.54, 1.807) is 20.4 Å². The lowest BCUT2D eigenvalue weighted by Gasteiger charge is -2.55. The van der Waals surface area contributed by atoms with Crippen LogP contribution in [0.2, 0.25) is 0 Å². The van der Waals surface area contributed by atoms with Gasteiger partial charge in [-0.2, -0.15) is 54.0 Å². The molecule has 8 heterocycles. The molecule has 4 fully saturated rings. The van der Waals surface area contributed by atoms with Gasteiger partial charge in [-0.3, -0.25) is 29.3 Å². The van der Waals surface area contributed by atoms with E-state index in [0.29, 0.717) is 62.5 Å². The average molecular weight is 1020 g/mol. The van der Waals surface area contributed by atoms with Gasteiger partial charge in [-0.25, -0.2) is 15.2 Å². The number of nitrogens with zero attached hydrogens (tertiary/aromatic N) is 7. The first-order valence-corrected chi connectivity index (χ1v) is 23.3. The molecule has 8 bridgehead atoms. The number of piperidine rings is 1. The number of hydrazine groups is 1. The Morgan fingerprint density at radius 1 is 1.09 bits per heavy atom. The summed E-state index contributed by atoms with van der Waals surface area (Å²) >= 11 is 1.44. The van der Waals surface area contributed by atoms with Gasteiger partial charge in [0.15, 0.2) is 0 Å². The van der Waals surface area contributed by atoms with Gasteiger partial charge >= 0.3 is 12.0 Å². The fraction of sp³-hybridized carbons (Fsp3) is 0.574. The Morgan fingerprint density at radius 2 is 1.81 bits per heavy atom. The van der Waals surface area contributed by atoms with E-state index in [1.165, 1.54) is 21.2 Å². The van der Waals surface area contributed by atoms with Crippen molar-refractivity contribution in [1.29, 1.82) is 0 Å². The Bertz CT molecular complexity index is 2380. The number of carbonyl (C=O) groups is 4. The summed E-state index contributed by atoms with van der Waals surface area (Å²) in [7, 11) is 5.46. The number of amides is 4. The van der Waals surface area contributed by atoms with Gasteiger partial charge in [0.2, 0.25) is 5.91 Å². The Balaban J connectivity index is 0.00000245. The van der Waals surface area contributed by atoms with Crippen molar-refractivity contribution in [2.24, 2.45) is 11.3 Å². The van der Waals surface area contributed by atoms with E-state index in [-0.39, 0.29) is 91.0 Å². The van der Waals surface area contributed by atoms with E-state index < -0.39 is 35.4 Å². The molecule has 20 heteroatoms. The van der Waals surface area contributed by atoms with Gasteiger partial charge in [-0.15, -0.1) is 11.3 Å². The van der Waals surface area contributed by atoms with Crippen LogP contribution in [0.15, 0.2) is 41.9 Å². The van der Waals surface area contributed by atoms with Crippen LogP contribution in [0.25, 0.3) is 33.4 Å². The number of nitrogens with one attached hydrogen (secondary N) is 2. The topological polar surface area (TPSA) is 154 Å². The quantitative estimate of drug-likeness (QED) is 0.198. The van der Waals surface area contributed by atoms with Crippen molar-refractivity contribution in [3.05, 3.63) is 58.2 Å². The van der Waals surface area contributed by atoms with Gasteiger partial charge < -0.3 is 29.2 Å². The number of piperazine rings is 1. The third kappa shape index (κ3) is 11.3. The van der Waals surface area contributed by atoms with Crippen molar-refractivity contribution in [3.8, 4) is 22.5 Å². The summed E-state index contributed by atoms with van der Waals surface area (Å²) in [5, 5.41) is 8.25. The first kappa shape index (κ1) is 56.1. The first-order valence-electron chi connectivity index (χ1n) is 22.4. The normalized spacial score (nSPS) is 22.4. The van der Waals surface area contributed by atoms with Gasteiger partial charge in [0.05, 0.1) is 34.8 Å². The van der Waals surface area contributed by atoms with Crippen LogP contribution in [-0.2, 0) is 43.2 Å². The summed E-state index contributed by atoms with van der Waals surface area (Å²) in [5.41, 5.74) is 9.43. The van der Waals surface area contributed by atoms with Crippen molar-refractivity contribution < 1.29 is 28.7 Å². The van der Waals surface area contributed by atoms with Crippen molar-refractivity contribution in [2.45, 2.75) is 117 Å². The molecule has 4 amide bonds. The second kappa shape index (κ2) is 22.9. The summed E-state index contributed by atoms with van der Waals surface area (Å²) in [4.78, 5) is 72.4. The number of ether oxygens (including phenoxy) is 2. The average Bonchev–Trinajstić information content (AvgIpc) is 3.88. The summed E-state index contributed by atoms with van der Waals surface area (Å²) in [6, 6.07) is 8.32. The SMILES string of the molecule is CCn1c(-c2cccnc2[C@H](C)OC)c2c3cc(ccc31)-c1csc(n1)C[C@H](NC(=O)[C@H](C(C)C)N(C)C(=O)N1CC3CC(C1)N3C)C(=O)N1CCC[C@H](N1)C(=O)OCC(C)(C)C2.S.S.S.S. The highest BCUT2D eigenvalue weighted by molar-refractivity contribution is 7.59. The van der Waals surface area contributed by atoms with Gasteiger partial charge in [-0.05, 0) is 82.3 Å². The smallest absolute Gasteiger partial charge is 0.324 e. The molecule has 6 atom stereocenters. The number of fused-ring (bicyclic) bond motifs is 8. The fourth-order valence-electron chi connectivity index (χ4n) is 10.0. The van der Waals surface area contributed by atoms with E-state index in [0.717, 1.165) is 51.1 Å². The molecule has 2 N–H and O–H groups in total. The molecule has 5 aliphatic heterocycles. The Hall–Kier alpha value is -3.50. The van der Waals surface area contributed by atoms with Crippen molar-refractivity contribution in [3.63, 3.8) is 0 Å². The number of hydrogen-bond acceptors (Lipinski definition) is 11. The van der Waals surface area contributed by atoms with Crippen LogP contribution in [0.1, 0.15) is 83.2 Å². The molecule has 0 saturated carbocycles. The number of carbonyl (C=O) groups excluding carboxylic acids is 4. The number of pyridine rings is 1. The molecule has 1 aromatic carbocycles. The van der Waals surface area contributed by atoms with E-state index in [4.69, 9.17) is 19.4 Å². The standard InChI is InChI=1S/C47H63N9O6S.4H2S/c1-10-55-38-16-15-29-19-33(38)34(42(55)32-13-11-17-48-40(32)28(4)61-9)22-47(5,6)26-62-45(59)35-14-12-18-56(51-35)44(58)36(21-39-49-37(29)25-63-39)50-43(57)41(27(2)3)53(8)46(60)54-23-30-20-31(24-54)52(30)7;;;;/h11,13,15-17,19,25,27-28,30-31,35-36,41,51H,10,12,14,18,20-24,26H2,1-9H3,(H,50,57);4*1H2/t28-,30?,31?,35-,36-,41-;;;;/m0..../s1. The zero-order valence-electron chi connectivity index (χ0n) is 40.1. The number of esters is 1. The number of urea groups is 1. The molecule has 370 valence electrons. The van der Waals surface area contributed by atoms with Crippen molar-refractivity contribution in [1.82, 2.24) is 45.0 Å². The minimum Gasteiger partial charge on any atom is -0.464 e. The molecule has 0 radical (unpaired) electrons. The maximum absolute atomic E-state index is 14.6. The number of hydrogen-bond donors (Lipinski definition) is 2. The third-order valence-electron chi connectivity index (χ3n) is 13.6. The van der Waals surface area contributed by atoms with E-state index >= 15 is 0 Å². The Labute approximate surface area is 427 Å². The number of aryl methyl sites for hydroxylation is 1. The van der Waals surface area contributed by atoms with Crippen LogP contribution in [-0.4, -0.2) is 136 Å². The maximum Gasteiger partial charge on any atom is 0.324 e. The number of rotatable bonds is 8. The highest BCUT2D eigenvalue weighted by atomic mass is 32.1. The van der Waals surface area contributed by atoms with E-state index in [1.807, 2.05) is 37.1 Å². The fourth-order valence-corrected chi connectivity index (χ4v) is 10.9. The minimum absolute atomic E-state index is 0. The number of thiazole rings is 1. The van der Waals surface area contributed by atoms with Crippen LogP contribution in [0.3, 0.4) is 0 Å². The minimum atomic E-state index is -1.03. The summed E-state index contributed by atoms with van der Waals surface area (Å²) in [6.45, 7) is 14.6. The van der Waals surface area contributed by atoms with E-state index in [2.05, 4.69) is 72.3 Å². The van der Waals surface area contributed by atoms with Crippen LogP contribution in [0.4, 0.5) is 4.79 Å². The number of aromatic nitrogens is 3. The number of methoxy groups -OCH3 is 1. The molecule has 9 rings (SSSR count). The molecular weight excluding hydrogens is 947 g/mol. The lowest BCUT2D eigenvalue weighted by Crippen LogP contribution is -2.69. The monoisotopic (exact) mass is 1020 g/mol. The van der Waals surface area contributed by atoms with Crippen LogP contribution >= 0.6 is 65.3 Å². The molecule has 5 aliphatic rings. The molecule has 4 saturated heterocycles. The van der Waals surface area contributed by atoms with Crippen LogP contribution in [0, 0.1) is 11.3 Å². The van der Waals surface area contributed by atoms with Gasteiger partial charge in [0, 0.05) is 97.9 Å². The third-order valence-corrected chi connectivity index (χ3v) is 14.5. The maximum atomic E-state index is 14.6. The second-order valence-corrected chi connectivity index (χ2v) is 19.9. The zero-order chi connectivity index (χ0) is 44.9. The van der Waals surface area contributed by atoms with Crippen LogP contribution in [0.5, 0.6) is 0 Å². The number of benzene rings is 1. The highest BCUT2D eigenvalue weighted by Gasteiger charge is 2.46. The molecule has 0 aliphatic carbocycles. The molecule has 3 aromatic heterocycles. The predicted molar refractivity (Wildman–Crippen MR) is 284 cm³/mol. The highest BCUT2D eigenvalue weighted by Crippen LogP contribution is 2.42.